The normalized spacial score (nSPS) is 14.9. The third-order valence-electron chi connectivity index (χ3n) is 5.61. The van der Waals surface area contributed by atoms with Crippen LogP contribution in [0.15, 0.2) is 97.3 Å². The molecule has 1 N–H and O–H groups in total. The highest BCUT2D eigenvalue weighted by molar-refractivity contribution is 6.12. The van der Waals surface area contributed by atoms with Crippen LogP contribution in [0.3, 0.4) is 0 Å². The number of carbonyl (C=O) groups excluding carboxylic acids is 1. The molecule has 5 rings (SSSR count). The second kappa shape index (κ2) is 9.04. The number of ether oxygens (including phenoxy) is 2. The minimum atomic E-state index is -0.405. The molecule has 1 aromatic heterocycles. The van der Waals surface area contributed by atoms with Gasteiger partial charge in [0.15, 0.2) is 11.5 Å². The highest BCUT2D eigenvalue weighted by Gasteiger charge is 2.34. The number of nitrogens with one attached hydrogen (secondary N) is 1. The molecule has 2 heterocycles. The molecule has 0 bridgehead atoms. The molecule has 1 aliphatic rings. The van der Waals surface area contributed by atoms with E-state index in [-0.39, 0.29) is 5.91 Å². The Bertz CT molecular complexity index is 1260. The fourth-order valence-electron chi connectivity index (χ4n) is 3.96. The maximum atomic E-state index is 13.5. The first kappa shape index (κ1) is 20.6. The van der Waals surface area contributed by atoms with Crippen molar-refractivity contribution < 1.29 is 14.3 Å². The maximum absolute atomic E-state index is 13.5. The number of hydrogen-bond acceptors (Lipinski definition) is 5. The Balaban J connectivity index is 1.50. The predicted molar refractivity (Wildman–Crippen MR) is 128 cm³/mol. The van der Waals surface area contributed by atoms with Gasteiger partial charge in [-0.05, 0) is 59.7 Å². The highest BCUT2D eigenvalue weighted by atomic mass is 16.5. The lowest BCUT2D eigenvalue weighted by Gasteiger charge is -2.38. The Kier molecular flexibility index (Phi) is 5.64. The fraction of sp³-hybridized carbons (Fsp3) is 0.111. The molecule has 1 amide bonds. The molecule has 1 aliphatic heterocycles. The van der Waals surface area contributed by atoms with E-state index in [1.54, 1.807) is 24.4 Å². The molecule has 1 atom stereocenters. The van der Waals surface area contributed by atoms with Crippen molar-refractivity contribution >= 4 is 17.3 Å². The SMILES string of the molecule is COc1cc(C2Nc3ccccc3C(=O)N2c2ccccc2)ccc1OCc1ccncc1. The Labute approximate surface area is 192 Å². The first-order valence-corrected chi connectivity index (χ1v) is 10.7. The molecule has 164 valence electrons. The summed E-state index contributed by atoms with van der Waals surface area (Å²) in [7, 11) is 1.61. The van der Waals surface area contributed by atoms with Gasteiger partial charge < -0.3 is 14.8 Å². The number of benzene rings is 3. The van der Waals surface area contributed by atoms with E-state index in [0.717, 1.165) is 22.5 Å². The zero-order chi connectivity index (χ0) is 22.6. The molecule has 0 spiro atoms. The summed E-state index contributed by atoms with van der Waals surface area (Å²) in [5, 5.41) is 3.52. The van der Waals surface area contributed by atoms with Crippen LogP contribution in [0.25, 0.3) is 0 Å². The number of hydrogen-bond donors (Lipinski definition) is 1. The lowest BCUT2D eigenvalue weighted by atomic mass is 10.0. The molecule has 0 fully saturated rings. The molecule has 33 heavy (non-hydrogen) atoms. The Morgan fingerprint density at radius 2 is 1.67 bits per heavy atom. The molecule has 0 radical (unpaired) electrons. The third-order valence-corrected chi connectivity index (χ3v) is 5.61. The van der Waals surface area contributed by atoms with Gasteiger partial charge >= 0.3 is 0 Å². The van der Waals surface area contributed by atoms with Crippen molar-refractivity contribution in [2.24, 2.45) is 0 Å². The molecule has 6 heteroatoms. The Morgan fingerprint density at radius 1 is 0.909 bits per heavy atom. The zero-order valence-corrected chi connectivity index (χ0v) is 18.1. The molecule has 6 nitrogen and oxygen atoms in total. The minimum absolute atomic E-state index is 0.0578. The van der Waals surface area contributed by atoms with Crippen molar-refractivity contribution in [3.8, 4) is 11.5 Å². The Morgan fingerprint density at radius 3 is 2.45 bits per heavy atom. The number of pyridine rings is 1. The lowest BCUT2D eigenvalue weighted by Crippen LogP contribution is -2.43. The quantitative estimate of drug-likeness (QED) is 0.435. The lowest BCUT2D eigenvalue weighted by molar-refractivity contribution is 0.0975. The van der Waals surface area contributed by atoms with Crippen molar-refractivity contribution in [3.63, 3.8) is 0 Å². The van der Waals surface area contributed by atoms with Crippen LogP contribution in [0.2, 0.25) is 0 Å². The van der Waals surface area contributed by atoms with E-state index in [4.69, 9.17) is 9.47 Å². The summed E-state index contributed by atoms with van der Waals surface area (Å²) < 4.78 is 11.6. The third kappa shape index (κ3) is 4.11. The topological polar surface area (TPSA) is 63.7 Å². The van der Waals surface area contributed by atoms with E-state index in [0.29, 0.717) is 23.7 Å². The summed E-state index contributed by atoms with van der Waals surface area (Å²) in [5.41, 5.74) is 4.15. The second-order valence-corrected chi connectivity index (χ2v) is 7.66. The molecule has 0 saturated carbocycles. The first-order valence-electron chi connectivity index (χ1n) is 10.7. The van der Waals surface area contributed by atoms with E-state index in [9.17, 15) is 4.79 Å². The monoisotopic (exact) mass is 437 g/mol. The number of carbonyl (C=O) groups is 1. The van der Waals surface area contributed by atoms with Crippen molar-refractivity contribution in [3.05, 3.63) is 114 Å². The van der Waals surface area contributed by atoms with Gasteiger partial charge in [-0.3, -0.25) is 14.7 Å². The van der Waals surface area contributed by atoms with Crippen LogP contribution in [0.1, 0.15) is 27.7 Å². The fourth-order valence-corrected chi connectivity index (χ4v) is 3.96. The summed E-state index contributed by atoms with van der Waals surface area (Å²) in [6.07, 6.45) is 3.07. The van der Waals surface area contributed by atoms with E-state index in [2.05, 4.69) is 10.3 Å². The van der Waals surface area contributed by atoms with Crippen LogP contribution in [0, 0.1) is 0 Å². The number of anilines is 2. The summed E-state index contributed by atoms with van der Waals surface area (Å²) in [6, 6.07) is 26.8. The molecule has 1 unspecified atom stereocenters. The summed E-state index contributed by atoms with van der Waals surface area (Å²) in [4.78, 5) is 19.3. The Hall–Kier alpha value is -4.32. The first-order chi connectivity index (χ1) is 16.2. The number of aromatic nitrogens is 1. The molecular formula is C27H23N3O3. The van der Waals surface area contributed by atoms with Crippen LogP contribution in [0.4, 0.5) is 11.4 Å². The predicted octanol–water partition coefficient (Wildman–Crippen LogP) is 5.44. The molecule has 0 aliphatic carbocycles. The van der Waals surface area contributed by atoms with Gasteiger partial charge in [0.25, 0.3) is 5.91 Å². The average molecular weight is 437 g/mol. The van der Waals surface area contributed by atoms with E-state index >= 15 is 0 Å². The van der Waals surface area contributed by atoms with Gasteiger partial charge in [0.05, 0.1) is 12.7 Å². The van der Waals surface area contributed by atoms with Gasteiger partial charge in [-0.1, -0.05) is 36.4 Å². The number of fused-ring (bicyclic) bond motifs is 1. The molecule has 0 saturated heterocycles. The van der Waals surface area contributed by atoms with Crippen molar-refractivity contribution in [2.45, 2.75) is 12.8 Å². The number of nitrogens with zero attached hydrogens (tertiary/aromatic N) is 2. The van der Waals surface area contributed by atoms with Crippen molar-refractivity contribution in [2.75, 3.05) is 17.3 Å². The van der Waals surface area contributed by atoms with Crippen LogP contribution in [0.5, 0.6) is 11.5 Å². The largest absolute Gasteiger partial charge is 0.493 e. The smallest absolute Gasteiger partial charge is 0.262 e. The summed E-state index contributed by atoms with van der Waals surface area (Å²) in [6.45, 7) is 0.405. The van der Waals surface area contributed by atoms with Crippen molar-refractivity contribution in [1.29, 1.82) is 0 Å². The van der Waals surface area contributed by atoms with Crippen LogP contribution >= 0.6 is 0 Å². The molecular weight excluding hydrogens is 414 g/mol. The number of amides is 1. The van der Waals surface area contributed by atoms with Crippen LogP contribution in [-0.2, 0) is 6.61 Å². The number of para-hydroxylation sites is 2. The standard InChI is InChI=1S/C27H23N3O3/c1-32-25-17-20(11-12-24(25)33-18-19-13-15-28-16-14-19)26-29-23-10-6-5-9-22(23)27(31)30(26)21-7-3-2-4-8-21/h2-17,26,29H,18H2,1H3. The van der Waals surface area contributed by atoms with Gasteiger partial charge in [-0.15, -0.1) is 0 Å². The van der Waals surface area contributed by atoms with Gasteiger partial charge in [-0.25, -0.2) is 0 Å². The number of rotatable bonds is 6. The van der Waals surface area contributed by atoms with Crippen molar-refractivity contribution in [1.82, 2.24) is 4.98 Å². The van der Waals surface area contributed by atoms with Gasteiger partial charge in [0, 0.05) is 23.8 Å². The minimum Gasteiger partial charge on any atom is -0.493 e. The maximum Gasteiger partial charge on any atom is 0.262 e. The average Bonchev–Trinajstić information content (AvgIpc) is 2.88. The zero-order valence-electron chi connectivity index (χ0n) is 18.1. The van der Waals surface area contributed by atoms with E-state index in [1.165, 1.54) is 0 Å². The summed E-state index contributed by atoms with van der Waals surface area (Å²) in [5.74, 6) is 1.17. The van der Waals surface area contributed by atoms with Gasteiger partial charge in [0.2, 0.25) is 0 Å². The highest BCUT2D eigenvalue weighted by Crippen LogP contribution is 2.39. The molecule has 3 aromatic carbocycles. The van der Waals surface area contributed by atoms with E-state index < -0.39 is 6.17 Å². The van der Waals surface area contributed by atoms with Crippen LogP contribution in [-0.4, -0.2) is 18.0 Å². The van der Waals surface area contributed by atoms with Gasteiger partial charge in [-0.2, -0.15) is 0 Å². The van der Waals surface area contributed by atoms with E-state index in [1.807, 2.05) is 84.9 Å². The number of methoxy groups -OCH3 is 1. The van der Waals surface area contributed by atoms with Crippen LogP contribution < -0.4 is 19.7 Å². The second-order valence-electron chi connectivity index (χ2n) is 7.66. The molecule has 4 aromatic rings. The summed E-state index contributed by atoms with van der Waals surface area (Å²) >= 11 is 0. The van der Waals surface area contributed by atoms with Gasteiger partial charge in [0.1, 0.15) is 12.8 Å².